The molecule has 5 rings (SSSR count). The zero-order valence-corrected chi connectivity index (χ0v) is 17.5. The summed E-state index contributed by atoms with van der Waals surface area (Å²) in [5.41, 5.74) is 5.31. The van der Waals surface area contributed by atoms with Crippen molar-refractivity contribution in [3.8, 4) is 11.1 Å². The van der Waals surface area contributed by atoms with E-state index < -0.39 is 0 Å². The van der Waals surface area contributed by atoms with Crippen LogP contribution in [0.4, 0.5) is 16.0 Å². The number of para-hydroxylation sites is 3. The Balaban J connectivity index is 1.55. The van der Waals surface area contributed by atoms with Crippen molar-refractivity contribution >= 4 is 59.1 Å². The lowest BCUT2D eigenvalue weighted by molar-refractivity contribution is 1.13. The number of thiazole rings is 2. The van der Waals surface area contributed by atoms with Gasteiger partial charge in [0.15, 0.2) is 0 Å². The number of azo groups is 1. The number of benzene rings is 3. The van der Waals surface area contributed by atoms with Gasteiger partial charge in [0.25, 0.3) is 0 Å². The van der Waals surface area contributed by atoms with E-state index in [0.29, 0.717) is 10.3 Å². The number of aromatic nitrogens is 2. The van der Waals surface area contributed by atoms with E-state index in [2.05, 4.69) is 76.7 Å². The smallest absolute Gasteiger partial charge is 0.231 e. The van der Waals surface area contributed by atoms with E-state index in [-0.39, 0.29) is 0 Å². The number of anilines is 1. The van der Waals surface area contributed by atoms with E-state index in [1.165, 1.54) is 22.7 Å². The van der Waals surface area contributed by atoms with Crippen LogP contribution in [0.15, 0.2) is 77.0 Å². The first-order chi connectivity index (χ1) is 14.2. The van der Waals surface area contributed by atoms with Crippen molar-refractivity contribution in [1.82, 2.24) is 9.97 Å². The third-order valence-corrected chi connectivity index (χ3v) is 6.41. The second-order valence-corrected chi connectivity index (χ2v) is 8.74. The SMILES string of the molecule is CN(C)c1ccccc1-c1cccc2sc(N=Nc3nc4ccccc4s3)nc12. The summed E-state index contributed by atoms with van der Waals surface area (Å²) in [5, 5.41) is 9.98. The maximum Gasteiger partial charge on any atom is 0.231 e. The lowest BCUT2D eigenvalue weighted by Crippen LogP contribution is -2.09. The largest absolute Gasteiger partial charge is 0.377 e. The number of fused-ring (bicyclic) bond motifs is 2. The average molecular weight is 416 g/mol. The van der Waals surface area contributed by atoms with Crippen molar-refractivity contribution in [3.63, 3.8) is 0 Å². The van der Waals surface area contributed by atoms with Crippen molar-refractivity contribution in [2.75, 3.05) is 19.0 Å². The first-order valence-electron chi connectivity index (χ1n) is 9.12. The van der Waals surface area contributed by atoms with Crippen LogP contribution in [0.25, 0.3) is 31.6 Å². The summed E-state index contributed by atoms with van der Waals surface area (Å²) in [6.45, 7) is 0. The van der Waals surface area contributed by atoms with Crippen LogP contribution in [-0.2, 0) is 0 Å². The Morgan fingerprint density at radius 3 is 2.17 bits per heavy atom. The molecule has 0 bridgehead atoms. The fourth-order valence-electron chi connectivity index (χ4n) is 3.28. The molecule has 0 aliphatic carbocycles. The maximum atomic E-state index is 4.77. The molecule has 0 atom stereocenters. The molecule has 0 saturated carbocycles. The lowest BCUT2D eigenvalue weighted by atomic mass is 10.0. The summed E-state index contributed by atoms with van der Waals surface area (Å²) in [5.74, 6) is 0. The number of rotatable bonds is 4. The summed E-state index contributed by atoms with van der Waals surface area (Å²) in [4.78, 5) is 11.4. The quantitative estimate of drug-likeness (QED) is 0.295. The number of hydrogen-bond donors (Lipinski definition) is 0. The Labute approximate surface area is 176 Å². The molecule has 7 heteroatoms. The van der Waals surface area contributed by atoms with Crippen LogP contribution >= 0.6 is 22.7 Å². The zero-order chi connectivity index (χ0) is 19.8. The molecule has 0 amide bonds. The van der Waals surface area contributed by atoms with Gasteiger partial charge in [0.05, 0.1) is 20.4 Å². The second kappa shape index (κ2) is 7.35. The molecule has 0 fully saturated rings. The molecule has 142 valence electrons. The molecule has 0 aliphatic heterocycles. The van der Waals surface area contributed by atoms with Crippen LogP contribution in [-0.4, -0.2) is 24.1 Å². The molecule has 29 heavy (non-hydrogen) atoms. The van der Waals surface area contributed by atoms with Gasteiger partial charge in [0.1, 0.15) is 0 Å². The molecular weight excluding hydrogens is 398 g/mol. The second-order valence-electron chi connectivity index (χ2n) is 6.72. The van der Waals surface area contributed by atoms with Crippen LogP contribution < -0.4 is 4.90 Å². The van der Waals surface area contributed by atoms with Crippen LogP contribution in [0.2, 0.25) is 0 Å². The monoisotopic (exact) mass is 415 g/mol. The highest BCUT2D eigenvalue weighted by Gasteiger charge is 2.13. The van der Waals surface area contributed by atoms with E-state index >= 15 is 0 Å². The summed E-state index contributed by atoms with van der Waals surface area (Å²) in [6, 6.07) is 22.6. The van der Waals surface area contributed by atoms with Gasteiger partial charge in [-0.1, -0.05) is 65.1 Å². The third-order valence-electron chi connectivity index (χ3n) is 4.59. The number of nitrogens with zero attached hydrogens (tertiary/aromatic N) is 5. The van der Waals surface area contributed by atoms with Gasteiger partial charge >= 0.3 is 0 Å². The third kappa shape index (κ3) is 3.39. The maximum absolute atomic E-state index is 4.77. The molecule has 3 aromatic carbocycles. The van der Waals surface area contributed by atoms with Crippen LogP contribution in [0, 0.1) is 0 Å². The molecule has 0 radical (unpaired) electrons. The van der Waals surface area contributed by atoms with Crippen LogP contribution in [0.1, 0.15) is 0 Å². The standard InChI is InChI=1S/C22H17N5S2/c1-27(2)17-11-5-3-8-14(17)15-9-7-13-19-20(15)24-22(29-19)26-25-21-23-16-10-4-6-12-18(16)28-21/h3-13H,1-2H3. The minimum atomic E-state index is 0.633. The highest BCUT2D eigenvalue weighted by Crippen LogP contribution is 2.39. The molecule has 0 spiro atoms. The van der Waals surface area contributed by atoms with E-state index in [0.717, 1.165) is 37.2 Å². The summed E-state index contributed by atoms with van der Waals surface area (Å²) in [6.07, 6.45) is 0. The Hall–Kier alpha value is -3.16. The molecule has 0 N–H and O–H groups in total. The Bertz CT molecular complexity index is 1320. The molecule has 0 saturated heterocycles. The van der Waals surface area contributed by atoms with Gasteiger partial charge in [-0.25, -0.2) is 9.97 Å². The highest BCUT2D eigenvalue weighted by atomic mass is 32.1. The van der Waals surface area contributed by atoms with Gasteiger partial charge in [0, 0.05) is 30.9 Å². The average Bonchev–Trinajstić information content (AvgIpc) is 3.35. The van der Waals surface area contributed by atoms with Crippen LogP contribution in [0.3, 0.4) is 0 Å². The van der Waals surface area contributed by atoms with Gasteiger partial charge in [-0.3, -0.25) is 0 Å². The lowest BCUT2D eigenvalue weighted by Gasteiger charge is -2.17. The summed E-state index contributed by atoms with van der Waals surface area (Å²) in [7, 11) is 4.11. The van der Waals surface area contributed by atoms with Crippen molar-refractivity contribution in [1.29, 1.82) is 0 Å². The van der Waals surface area contributed by atoms with Crippen molar-refractivity contribution < 1.29 is 0 Å². The minimum Gasteiger partial charge on any atom is -0.377 e. The molecule has 0 unspecified atom stereocenters. The van der Waals surface area contributed by atoms with E-state index in [9.17, 15) is 0 Å². The first-order valence-corrected chi connectivity index (χ1v) is 10.8. The molecular formula is C22H17N5S2. The first kappa shape index (κ1) is 17.9. The fourth-order valence-corrected chi connectivity index (χ4v) is 4.88. The molecule has 5 nitrogen and oxygen atoms in total. The Kier molecular flexibility index (Phi) is 4.54. The van der Waals surface area contributed by atoms with E-state index in [4.69, 9.17) is 4.98 Å². The van der Waals surface area contributed by atoms with Crippen molar-refractivity contribution in [2.24, 2.45) is 10.2 Å². The van der Waals surface area contributed by atoms with Crippen molar-refractivity contribution in [3.05, 3.63) is 66.7 Å². The minimum absolute atomic E-state index is 0.633. The van der Waals surface area contributed by atoms with E-state index in [1.54, 1.807) is 0 Å². The van der Waals surface area contributed by atoms with Gasteiger partial charge in [-0.2, -0.15) is 0 Å². The van der Waals surface area contributed by atoms with Gasteiger partial charge < -0.3 is 4.90 Å². The number of hydrogen-bond acceptors (Lipinski definition) is 7. The van der Waals surface area contributed by atoms with Crippen LogP contribution in [0.5, 0.6) is 0 Å². The molecule has 0 aliphatic rings. The Morgan fingerprint density at radius 2 is 1.34 bits per heavy atom. The predicted molar refractivity (Wildman–Crippen MR) is 123 cm³/mol. The van der Waals surface area contributed by atoms with Gasteiger partial charge in [-0.15, -0.1) is 10.2 Å². The molecule has 5 aromatic rings. The van der Waals surface area contributed by atoms with E-state index in [1.807, 2.05) is 24.3 Å². The molecule has 2 aromatic heterocycles. The molecule has 2 heterocycles. The fraction of sp³-hybridized carbons (Fsp3) is 0.0909. The Morgan fingerprint density at radius 1 is 0.690 bits per heavy atom. The van der Waals surface area contributed by atoms with Gasteiger partial charge in [0.2, 0.25) is 10.3 Å². The van der Waals surface area contributed by atoms with Gasteiger partial charge in [-0.05, 0) is 24.3 Å². The predicted octanol–water partition coefficient (Wildman–Crippen LogP) is 7.05. The highest BCUT2D eigenvalue weighted by molar-refractivity contribution is 7.22. The summed E-state index contributed by atoms with van der Waals surface area (Å²) >= 11 is 3.07. The normalized spacial score (nSPS) is 11.7. The van der Waals surface area contributed by atoms with Crippen molar-refractivity contribution in [2.45, 2.75) is 0 Å². The topological polar surface area (TPSA) is 53.7 Å². The summed E-state index contributed by atoms with van der Waals surface area (Å²) < 4.78 is 2.20. The zero-order valence-electron chi connectivity index (χ0n) is 15.9.